The lowest BCUT2D eigenvalue weighted by molar-refractivity contribution is -0.144. The van der Waals surface area contributed by atoms with Crippen molar-refractivity contribution in [3.05, 3.63) is 82.2 Å². The lowest BCUT2D eigenvalue weighted by atomic mass is 9.71. The van der Waals surface area contributed by atoms with Gasteiger partial charge in [0.25, 0.3) is 0 Å². The first kappa shape index (κ1) is 22.0. The van der Waals surface area contributed by atoms with E-state index in [9.17, 15) is 9.59 Å². The van der Waals surface area contributed by atoms with Crippen molar-refractivity contribution in [1.82, 2.24) is 5.32 Å². The number of Topliss-reactive ketones (excluding diaryl/α,β-unsaturated/α-hetero) is 1. The Balaban J connectivity index is 1.41. The molecule has 1 N–H and O–H groups in total. The normalized spacial score (nSPS) is 23.9. The van der Waals surface area contributed by atoms with Crippen LogP contribution in [0.1, 0.15) is 68.4 Å². The number of fused-ring (bicyclic) bond motifs is 1. The number of carbonyl (C=O) groups excluding carboxylic acids is 2. The third-order valence-electron chi connectivity index (χ3n) is 7.62. The SMILES string of the molecule is CC1=C(C(=O)OC2CCCC2)[C@H](c2ccc3c(c2)OCO3)C2=C(C[C@H](c3ccccc3)CC2=O)N1. The van der Waals surface area contributed by atoms with Gasteiger partial charge in [-0.2, -0.15) is 0 Å². The number of esters is 1. The summed E-state index contributed by atoms with van der Waals surface area (Å²) in [7, 11) is 0. The van der Waals surface area contributed by atoms with Crippen LogP contribution in [-0.2, 0) is 14.3 Å². The second-order valence-corrected chi connectivity index (χ2v) is 9.85. The van der Waals surface area contributed by atoms with E-state index in [-0.39, 0.29) is 30.6 Å². The van der Waals surface area contributed by atoms with Gasteiger partial charge in [0.1, 0.15) is 6.10 Å². The molecule has 2 aliphatic heterocycles. The molecule has 6 rings (SSSR count). The predicted molar refractivity (Wildman–Crippen MR) is 130 cm³/mol. The second kappa shape index (κ2) is 8.91. The molecular weight excluding hydrogens is 442 g/mol. The molecule has 4 aliphatic rings. The van der Waals surface area contributed by atoms with Gasteiger partial charge in [-0.05, 0) is 68.2 Å². The molecule has 35 heavy (non-hydrogen) atoms. The fourth-order valence-corrected chi connectivity index (χ4v) is 5.92. The summed E-state index contributed by atoms with van der Waals surface area (Å²) in [5.74, 6) is 0.635. The summed E-state index contributed by atoms with van der Waals surface area (Å²) in [6.07, 6.45) is 5.02. The van der Waals surface area contributed by atoms with Gasteiger partial charge in [-0.1, -0.05) is 36.4 Å². The summed E-state index contributed by atoms with van der Waals surface area (Å²) in [5, 5.41) is 3.44. The molecular formula is C29H29NO5. The van der Waals surface area contributed by atoms with Gasteiger partial charge in [-0.25, -0.2) is 4.79 Å². The third kappa shape index (κ3) is 4.01. The van der Waals surface area contributed by atoms with E-state index in [1.165, 1.54) is 0 Å². The fraction of sp³-hybridized carbons (Fsp3) is 0.379. The molecule has 2 aromatic rings. The Hall–Kier alpha value is -3.54. The van der Waals surface area contributed by atoms with E-state index in [0.29, 0.717) is 35.5 Å². The van der Waals surface area contributed by atoms with Gasteiger partial charge in [-0.15, -0.1) is 0 Å². The molecule has 180 valence electrons. The van der Waals surface area contributed by atoms with Gasteiger partial charge in [0.05, 0.1) is 5.57 Å². The van der Waals surface area contributed by atoms with E-state index in [0.717, 1.165) is 48.2 Å². The summed E-state index contributed by atoms with van der Waals surface area (Å²) in [5.41, 5.74) is 4.82. The standard InChI is InChI=1S/C29H29NO5/c1-17-26(29(32)35-21-9-5-6-10-21)27(19-11-12-24-25(15-19)34-16-33-24)28-22(30-17)13-20(14-23(28)31)18-7-3-2-4-8-18/h2-4,7-8,11-12,15,20-21,27,30H,5-6,9-10,13-14,16H2,1H3/t20-,27-/m0/s1. The van der Waals surface area contributed by atoms with E-state index in [4.69, 9.17) is 14.2 Å². The van der Waals surface area contributed by atoms with E-state index in [2.05, 4.69) is 17.4 Å². The molecule has 0 amide bonds. The Morgan fingerprint density at radius 1 is 0.971 bits per heavy atom. The molecule has 1 fully saturated rings. The van der Waals surface area contributed by atoms with Crippen LogP contribution >= 0.6 is 0 Å². The molecule has 0 spiro atoms. The number of hydrogen-bond acceptors (Lipinski definition) is 6. The van der Waals surface area contributed by atoms with Crippen molar-refractivity contribution in [3.8, 4) is 11.5 Å². The maximum Gasteiger partial charge on any atom is 0.337 e. The van der Waals surface area contributed by atoms with Gasteiger partial charge in [-0.3, -0.25) is 4.79 Å². The quantitative estimate of drug-likeness (QED) is 0.613. The number of hydrogen-bond donors (Lipinski definition) is 1. The maximum atomic E-state index is 13.7. The molecule has 6 heteroatoms. The van der Waals surface area contributed by atoms with Crippen molar-refractivity contribution in [3.63, 3.8) is 0 Å². The Bertz CT molecular complexity index is 1240. The minimum absolute atomic E-state index is 0.0555. The number of rotatable bonds is 4. The van der Waals surface area contributed by atoms with Gasteiger partial charge in [0.15, 0.2) is 17.3 Å². The Morgan fingerprint density at radius 2 is 1.74 bits per heavy atom. The zero-order valence-corrected chi connectivity index (χ0v) is 19.8. The summed E-state index contributed by atoms with van der Waals surface area (Å²) in [6, 6.07) is 15.9. The summed E-state index contributed by atoms with van der Waals surface area (Å²) >= 11 is 0. The van der Waals surface area contributed by atoms with E-state index in [1.807, 2.05) is 43.3 Å². The molecule has 0 bridgehead atoms. The highest BCUT2D eigenvalue weighted by molar-refractivity contribution is 6.04. The molecule has 0 saturated heterocycles. The van der Waals surface area contributed by atoms with Gasteiger partial charge in [0, 0.05) is 29.3 Å². The topological polar surface area (TPSA) is 73.9 Å². The minimum Gasteiger partial charge on any atom is -0.459 e. The van der Waals surface area contributed by atoms with Crippen LogP contribution in [0.5, 0.6) is 11.5 Å². The number of carbonyl (C=O) groups is 2. The van der Waals surface area contributed by atoms with Crippen LogP contribution in [0.25, 0.3) is 0 Å². The number of allylic oxidation sites excluding steroid dienone is 3. The highest BCUT2D eigenvalue weighted by Gasteiger charge is 2.42. The number of nitrogens with one attached hydrogen (secondary N) is 1. The first-order valence-corrected chi connectivity index (χ1v) is 12.5. The molecule has 2 heterocycles. The second-order valence-electron chi connectivity index (χ2n) is 9.85. The maximum absolute atomic E-state index is 13.7. The van der Waals surface area contributed by atoms with E-state index in [1.54, 1.807) is 0 Å². The molecule has 2 aromatic carbocycles. The predicted octanol–water partition coefficient (Wildman–Crippen LogP) is 5.26. The summed E-state index contributed by atoms with van der Waals surface area (Å²) in [6.45, 7) is 2.08. The molecule has 2 aliphatic carbocycles. The number of ketones is 1. The first-order chi connectivity index (χ1) is 17.1. The smallest absolute Gasteiger partial charge is 0.337 e. The average Bonchev–Trinajstić information content (AvgIpc) is 3.55. The van der Waals surface area contributed by atoms with Crippen LogP contribution in [0.4, 0.5) is 0 Å². The Labute approximate surface area is 205 Å². The Morgan fingerprint density at radius 3 is 2.54 bits per heavy atom. The molecule has 2 atom stereocenters. The monoisotopic (exact) mass is 471 g/mol. The van der Waals surface area contributed by atoms with Crippen LogP contribution in [0.15, 0.2) is 71.1 Å². The summed E-state index contributed by atoms with van der Waals surface area (Å²) < 4.78 is 17.1. The van der Waals surface area contributed by atoms with Crippen LogP contribution in [0, 0.1) is 0 Å². The molecule has 0 unspecified atom stereocenters. The van der Waals surface area contributed by atoms with Crippen LogP contribution in [0.3, 0.4) is 0 Å². The van der Waals surface area contributed by atoms with Crippen molar-refractivity contribution < 1.29 is 23.8 Å². The number of benzene rings is 2. The van der Waals surface area contributed by atoms with Gasteiger partial charge < -0.3 is 19.5 Å². The number of dihydropyridines is 1. The minimum atomic E-state index is -0.501. The highest BCUT2D eigenvalue weighted by atomic mass is 16.7. The zero-order chi connectivity index (χ0) is 23.9. The van der Waals surface area contributed by atoms with Crippen LogP contribution in [-0.4, -0.2) is 24.6 Å². The molecule has 1 saturated carbocycles. The lowest BCUT2D eigenvalue weighted by Gasteiger charge is -2.37. The molecule has 6 nitrogen and oxygen atoms in total. The van der Waals surface area contributed by atoms with Crippen molar-refractivity contribution in [2.24, 2.45) is 0 Å². The average molecular weight is 472 g/mol. The number of ether oxygens (including phenoxy) is 3. The summed E-state index contributed by atoms with van der Waals surface area (Å²) in [4.78, 5) is 27.3. The van der Waals surface area contributed by atoms with Crippen molar-refractivity contribution >= 4 is 11.8 Å². The highest BCUT2D eigenvalue weighted by Crippen LogP contribution is 2.47. The van der Waals surface area contributed by atoms with Gasteiger partial charge >= 0.3 is 5.97 Å². The molecule has 0 radical (unpaired) electrons. The van der Waals surface area contributed by atoms with Crippen LogP contribution < -0.4 is 14.8 Å². The van der Waals surface area contributed by atoms with E-state index >= 15 is 0 Å². The largest absolute Gasteiger partial charge is 0.459 e. The van der Waals surface area contributed by atoms with Crippen LogP contribution in [0.2, 0.25) is 0 Å². The first-order valence-electron chi connectivity index (χ1n) is 12.5. The lowest BCUT2D eigenvalue weighted by Crippen LogP contribution is -2.36. The fourth-order valence-electron chi connectivity index (χ4n) is 5.92. The van der Waals surface area contributed by atoms with Crippen molar-refractivity contribution in [2.75, 3.05) is 6.79 Å². The zero-order valence-electron chi connectivity index (χ0n) is 19.8. The van der Waals surface area contributed by atoms with E-state index < -0.39 is 5.92 Å². The van der Waals surface area contributed by atoms with Crippen molar-refractivity contribution in [2.45, 2.75) is 63.4 Å². The Kier molecular flexibility index (Phi) is 5.59. The molecule has 0 aromatic heterocycles. The van der Waals surface area contributed by atoms with Crippen molar-refractivity contribution in [1.29, 1.82) is 0 Å². The van der Waals surface area contributed by atoms with Gasteiger partial charge in [0.2, 0.25) is 6.79 Å². The third-order valence-corrected chi connectivity index (χ3v) is 7.62.